The molecule has 0 saturated carbocycles. The highest BCUT2D eigenvalue weighted by Crippen LogP contribution is 2.26. The quantitative estimate of drug-likeness (QED) is 0.478. The van der Waals surface area contributed by atoms with Crippen LogP contribution in [-0.2, 0) is 19.3 Å². The van der Waals surface area contributed by atoms with E-state index in [0.29, 0.717) is 0 Å². The molecule has 0 aliphatic rings. The molecule has 0 bridgehead atoms. The Morgan fingerprint density at radius 3 is 1.90 bits per heavy atom. The van der Waals surface area contributed by atoms with E-state index in [1.54, 1.807) is 0 Å². The minimum absolute atomic E-state index is 0.305. The third kappa shape index (κ3) is 5.47. The molecule has 0 aliphatic heterocycles. The van der Waals surface area contributed by atoms with Crippen molar-refractivity contribution in [1.29, 1.82) is 0 Å². The fraction of sp³-hybridized carbons (Fsp3) is 0.632. The number of hydrogen-bond donors (Lipinski definition) is 0. The van der Waals surface area contributed by atoms with E-state index in [0.717, 1.165) is 37.7 Å². The second-order valence-electron chi connectivity index (χ2n) is 5.81. The van der Waals surface area contributed by atoms with Gasteiger partial charge in [-0.2, -0.15) is 0 Å². The third-order valence-corrected chi connectivity index (χ3v) is 4.30. The lowest BCUT2D eigenvalue weighted by Gasteiger charge is -2.17. The number of carbonyl (C=O) groups excluding carboxylic acids is 1. The molecule has 118 valence electrons. The minimum Gasteiger partial charge on any atom is -0.276 e. The fourth-order valence-electron chi connectivity index (χ4n) is 2.83. The molecule has 0 radical (unpaired) electrons. The van der Waals surface area contributed by atoms with Crippen LogP contribution in [0.15, 0.2) is 12.1 Å². The highest BCUT2D eigenvalue weighted by atomic mass is 35.5. The highest BCUT2D eigenvalue weighted by molar-refractivity contribution is 6.67. The smallest absolute Gasteiger partial charge is 0.252 e. The number of halogens is 1. The summed E-state index contributed by atoms with van der Waals surface area (Å²) in [6.45, 7) is 6.63. The van der Waals surface area contributed by atoms with Gasteiger partial charge >= 0.3 is 0 Å². The van der Waals surface area contributed by atoms with Crippen molar-refractivity contribution < 1.29 is 4.79 Å². The molecular formula is C19H29ClO. The molecule has 0 heterocycles. The first-order chi connectivity index (χ1) is 10.2. The molecule has 21 heavy (non-hydrogen) atoms. The topological polar surface area (TPSA) is 17.1 Å². The minimum atomic E-state index is -0.305. The molecule has 0 N–H and O–H groups in total. The van der Waals surface area contributed by atoms with Gasteiger partial charge in [0, 0.05) is 5.56 Å². The van der Waals surface area contributed by atoms with E-state index >= 15 is 0 Å². The van der Waals surface area contributed by atoms with Crippen molar-refractivity contribution in [3.63, 3.8) is 0 Å². The van der Waals surface area contributed by atoms with Crippen LogP contribution in [0.4, 0.5) is 0 Å². The zero-order chi connectivity index (χ0) is 15.7. The first-order valence-electron chi connectivity index (χ1n) is 8.49. The predicted octanol–water partition coefficient (Wildman–Crippen LogP) is 6.09. The fourth-order valence-corrected chi connectivity index (χ4v) is 3.01. The Morgan fingerprint density at radius 2 is 1.38 bits per heavy atom. The summed E-state index contributed by atoms with van der Waals surface area (Å²) >= 11 is 5.81. The van der Waals surface area contributed by atoms with E-state index in [9.17, 15) is 4.79 Å². The Bertz CT molecular complexity index is 451. The lowest BCUT2D eigenvalue weighted by atomic mass is 9.88. The number of aryl methyl sites for hydroxylation is 1. The van der Waals surface area contributed by atoms with Crippen LogP contribution in [0, 0.1) is 0 Å². The summed E-state index contributed by atoms with van der Waals surface area (Å²) in [7, 11) is 0. The molecule has 1 aromatic rings. The van der Waals surface area contributed by atoms with Crippen molar-refractivity contribution in [3.8, 4) is 0 Å². The summed E-state index contributed by atoms with van der Waals surface area (Å²) in [6, 6.07) is 4.08. The molecule has 0 fully saturated rings. The van der Waals surface area contributed by atoms with E-state index in [1.807, 2.05) is 6.07 Å². The monoisotopic (exact) mass is 308 g/mol. The Hall–Kier alpha value is -0.820. The van der Waals surface area contributed by atoms with E-state index in [-0.39, 0.29) is 5.24 Å². The first-order valence-corrected chi connectivity index (χ1v) is 8.86. The van der Waals surface area contributed by atoms with Gasteiger partial charge in [0.1, 0.15) is 0 Å². The van der Waals surface area contributed by atoms with Gasteiger partial charge in [0.05, 0.1) is 0 Å². The zero-order valence-corrected chi connectivity index (χ0v) is 14.6. The van der Waals surface area contributed by atoms with Crippen molar-refractivity contribution in [2.75, 3.05) is 0 Å². The molecule has 0 amide bonds. The van der Waals surface area contributed by atoms with Crippen LogP contribution in [0.2, 0.25) is 0 Å². The molecular weight excluding hydrogens is 280 g/mol. The van der Waals surface area contributed by atoms with Crippen LogP contribution in [-0.4, -0.2) is 5.24 Å². The van der Waals surface area contributed by atoms with Crippen LogP contribution in [0.25, 0.3) is 0 Å². The standard InChI is InChI=1S/C19H29ClO/c1-4-7-10-15-13-14-18(19(20)21)17(12-9-6-3)16(15)11-8-5-2/h13-14H,4-12H2,1-3H3. The Kier molecular flexibility index (Phi) is 8.68. The maximum absolute atomic E-state index is 11.7. The predicted molar refractivity (Wildman–Crippen MR) is 92.5 cm³/mol. The molecule has 2 heteroatoms. The summed E-state index contributed by atoms with van der Waals surface area (Å²) in [5, 5.41) is -0.305. The average Bonchev–Trinajstić information content (AvgIpc) is 2.48. The molecule has 0 aliphatic carbocycles. The molecule has 0 atom stereocenters. The van der Waals surface area contributed by atoms with Gasteiger partial charge in [-0.1, -0.05) is 46.1 Å². The van der Waals surface area contributed by atoms with Crippen LogP contribution >= 0.6 is 11.6 Å². The van der Waals surface area contributed by atoms with E-state index in [2.05, 4.69) is 26.8 Å². The van der Waals surface area contributed by atoms with Crippen LogP contribution < -0.4 is 0 Å². The number of unbranched alkanes of at least 4 members (excludes halogenated alkanes) is 3. The summed E-state index contributed by atoms with van der Waals surface area (Å²) < 4.78 is 0. The largest absolute Gasteiger partial charge is 0.276 e. The van der Waals surface area contributed by atoms with Crippen LogP contribution in [0.3, 0.4) is 0 Å². The van der Waals surface area contributed by atoms with Gasteiger partial charge in [0.15, 0.2) is 0 Å². The number of carbonyl (C=O) groups is 1. The van der Waals surface area contributed by atoms with Crippen molar-refractivity contribution in [3.05, 3.63) is 34.4 Å². The Morgan fingerprint density at radius 1 is 0.857 bits per heavy atom. The highest BCUT2D eigenvalue weighted by Gasteiger charge is 2.16. The summed E-state index contributed by atoms with van der Waals surface area (Å²) in [5.74, 6) is 0. The zero-order valence-electron chi connectivity index (χ0n) is 13.8. The van der Waals surface area contributed by atoms with Crippen LogP contribution in [0.1, 0.15) is 86.3 Å². The summed E-state index contributed by atoms with van der Waals surface area (Å²) in [4.78, 5) is 11.7. The Labute approximate surface area is 135 Å². The van der Waals surface area contributed by atoms with Crippen molar-refractivity contribution in [2.24, 2.45) is 0 Å². The van der Waals surface area contributed by atoms with Crippen molar-refractivity contribution >= 4 is 16.8 Å². The van der Waals surface area contributed by atoms with Crippen LogP contribution in [0.5, 0.6) is 0 Å². The lowest BCUT2D eigenvalue weighted by molar-refractivity contribution is 0.108. The van der Waals surface area contributed by atoms with Crippen molar-refractivity contribution in [2.45, 2.75) is 78.6 Å². The van der Waals surface area contributed by atoms with E-state index < -0.39 is 0 Å². The Balaban J connectivity index is 3.22. The molecule has 0 aromatic heterocycles. The molecule has 1 aromatic carbocycles. The lowest BCUT2D eigenvalue weighted by Crippen LogP contribution is -2.07. The summed E-state index contributed by atoms with van der Waals surface area (Å²) in [5.41, 5.74) is 4.79. The second kappa shape index (κ2) is 10.00. The first kappa shape index (κ1) is 18.2. The summed E-state index contributed by atoms with van der Waals surface area (Å²) in [6.07, 6.45) is 10.2. The average molecular weight is 309 g/mol. The second-order valence-corrected chi connectivity index (χ2v) is 6.16. The van der Waals surface area contributed by atoms with Gasteiger partial charge in [-0.3, -0.25) is 4.79 Å². The van der Waals surface area contributed by atoms with E-state index in [4.69, 9.17) is 11.6 Å². The normalized spacial score (nSPS) is 10.9. The van der Waals surface area contributed by atoms with Gasteiger partial charge < -0.3 is 0 Å². The SMILES string of the molecule is CCCCc1ccc(C(=O)Cl)c(CCCC)c1CCCC. The number of rotatable bonds is 10. The number of benzene rings is 1. The maximum atomic E-state index is 11.7. The molecule has 1 nitrogen and oxygen atoms in total. The number of hydrogen-bond acceptors (Lipinski definition) is 1. The van der Waals surface area contributed by atoms with Gasteiger partial charge in [0.2, 0.25) is 0 Å². The van der Waals surface area contributed by atoms with Gasteiger partial charge in [-0.15, -0.1) is 0 Å². The van der Waals surface area contributed by atoms with E-state index in [1.165, 1.54) is 42.4 Å². The third-order valence-electron chi connectivity index (χ3n) is 4.10. The van der Waals surface area contributed by atoms with Crippen molar-refractivity contribution in [1.82, 2.24) is 0 Å². The molecule has 0 spiro atoms. The van der Waals surface area contributed by atoms with Gasteiger partial charge in [0.25, 0.3) is 5.24 Å². The molecule has 0 unspecified atom stereocenters. The maximum Gasteiger partial charge on any atom is 0.252 e. The van der Waals surface area contributed by atoms with Gasteiger partial charge in [-0.05, 0) is 72.9 Å². The molecule has 1 rings (SSSR count). The molecule has 0 saturated heterocycles. The van der Waals surface area contributed by atoms with Gasteiger partial charge in [-0.25, -0.2) is 0 Å².